The zero-order chi connectivity index (χ0) is 15.9. The van der Waals surface area contributed by atoms with Crippen molar-refractivity contribution in [3.8, 4) is 0 Å². The minimum atomic E-state index is -0.292. The molecule has 1 aromatic rings. The number of anilines is 1. The van der Waals surface area contributed by atoms with Crippen molar-refractivity contribution in [2.24, 2.45) is 0 Å². The third kappa shape index (κ3) is 5.68. The predicted octanol–water partition coefficient (Wildman–Crippen LogP) is 0.654. The number of rotatable bonds is 2. The third-order valence-electron chi connectivity index (χ3n) is 3.15. The number of hydrogen-bond acceptors (Lipinski definition) is 4. The van der Waals surface area contributed by atoms with E-state index in [2.05, 4.69) is 33.5 Å². The molecule has 1 saturated heterocycles. The Morgan fingerprint density at radius 1 is 1.00 bits per heavy atom. The normalized spacial score (nSPS) is 15.9. The van der Waals surface area contributed by atoms with Gasteiger partial charge in [-0.1, -0.05) is 0 Å². The first-order valence-corrected chi connectivity index (χ1v) is 7.67. The number of thiocarbonyl (C=S) groups is 2. The van der Waals surface area contributed by atoms with Crippen LogP contribution in [0.1, 0.15) is 0 Å². The molecule has 0 aromatic heterocycles. The van der Waals surface area contributed by atoms with Crippen molar-refractivity contribution in [3.05, 3.63) is 30.1 Å². The number of likely N-dealkylation sites (N-methyl/N-ethyl adjacent to an activating group) is 1. The third-order valence-corrected chi connectivity index (χ3v) is 3.55. The molecule has 0 aliphatic carbocycles. The summed E-state index contributed by atoms with van der Waals surface area (Å²) in [6, 6.07) is 5.92. The van der Waals surface area contributed by atoms with Gasteiger partial charge in [0.2, 0.25) is 0 Å². The molecule has 1 aliphatic heterocycles. The Hall–Kier alpha value is -1.55. The van der Waals surface area contributed by atoms with Crippen molar-refractivity contribution in [1.29, 1.82) is 0 Å². The van der Waals surface area contributed by atoms with Gasteiger partial charge in [-0.25, -0.2) is 9.40 Å². The topological polar surface area (TPSA) is 54.6 Å². The largest absolute Gasteiger partial charge is 0.331 e. The van der Waals surface area contributed by atoms with E-state index in [1.165, 1.54) is 12.1 Å². The fourth-order valence-corrected chi connectivity index (χ4v) is 2.25. The Morgan fingerprint density at radius 2 is 1.59 bits per heavy atom. The predicted molar refractivity (Wildman–Crippen MR) is 93.7 cm³/mol. The summed E-state index contributed by atoms with van der Waals surface area (Å²) in [6.45, 7) is 3.79. The molecule has 0 saturated carbocycles. The summed E-state index contributed by atoms with van der Waals surface area (Å²) >= 11 is 10.3. The number of piperazine rings is 1. The van der Waals surface area contributed by atoms with Crippen molar-refractivity contribution >= 4 is 40.3 Å². The average Bonchev–Trinajstić information content (AvgIpc) is 2.50. The smallest absolute Gasteiger partial charge is 0.199 e. The van der Waals surface area contributed by atoms with E-state index in [0.717, 1.165) is 26.2 Å². The standard InChI is InChI=1S/C13H19FN6S2/c1-19-6-8-20(9-7-19)18-13(22)17-16-12(21)15-11-4-2-10(14)3-5-11/h2-5H,6-9H2,1H3,(H2,15,16,21)(H2,17,18,22). The van der Waals surface area contributed by atoms with E-state index in [4.69, 9.17) is 24.4 Å². The molecule has 2 rings (SSSR count). The number of hydrogen-bond donors (Lipinski definition) is 4. The highest BCUT2D eigenvalue weighted by Gasteiger charge is 2.14. The second-order valence-electron chi connectivity index (χ2n) is 4.94. The lowest BCUT2D eigenvalue weighted by Gasteiger charge is -2.33. The van der Waals surface area contributed by atoms with Crippen LogP contribution in [0.4, 0.5) is 10.1 Å². The van der Waals surface area contributed by atoms with Gasteiger partial charge in [0.15, 0.2) is 10.2 Å². The van der Waals surface area contributed by atoms with Crippen molar-refractivity contribution in [2.75, 3.05) is 38.5 Å². The maximum atomic E-state index is 12.8. The van der Waals surface area contributed by atoms with Crippen molar-refractivity contribution in [3.63, 3.8) is 0 Å². The van der Waals surface area contributed by atoms with Crippen LogP contribution in [0.3, 0.4) is 0 Å². The SMILES string of the molecule is CN1CCN(NC(=S)NNC(=S)Nc2ccc(F)cc2)CC1. The highest BCUT2D eigenvalue weighted by molar-refractivity contribution is 7.80. The van der Waals surface area contributed by atoms with E-state index < -0.39 is 0 Å². The minimum Gasteiger partial charge on any atom is -0.331 e. The molecule has 0 atom stereocenters. The monoisotopic (exact) mass is 342 g/mol. The molecule has 0 spiro atoms. The van der Waals surface area contributed by atoms with Gasteiger partial charge in [-0.3, -0.25) is 16.3 Å². The number of halogens is 1. The summed E-state index contributed by atoms with van der Waals surface area (Å²) in [5.41, 5.74) is 9.38. The molecule has 120 valence electrons. The molecular weight excluding hydrogens is 323 g/mol. The van der Waals surface area contributed by atoms with E-state index in [9.17, 15) is 4.39 Å². The fraction of sp³-hybridized carbons (Fsp3) is 0.385. The van der Waals surface area contributed by atoms with Crippen LogP contribution in [0, 0.1) is 5.82 Å². The van der Waals surface area contributed by atoms with E-state index in [-0.39, 0.29) is 5.82 Å². The van der Waals surface area contributed by atoms with Gasteiger partial charge in [-0.15, -0.1) is 0 Å². The zero-order valence-corrected chi connectivity index (χ0v) is 13.9. The van der Waals surface area contributed by atoms with Gasteiger partial charge in [0.1, 0.15) is 5.82 Å². The number of nitrogens with one attached hydrogen (secondary N) is 4. The Labute approximate surface area is 140 Å². The molecule has 1 fully saturated rings. The Morgan fingerprint density at radius 3 is 2.23 bits per heavy atom. The average molecular weight is 342 g/mol. The summed E-state index contributed by atoms with van der Waals surface area (Å²) in [7, 11) is 2.09. The van der Waals surface area contributed by atoms with Gasteiger partial charge in [0.25, 0.3) is 0 Å². The maximum Gasteiger partial charge on any atom is 0.199 e. The van der Waals surface area contributed by atoms with Crippen LogP contribution in [-0.4, -0.2) is 53.4 Å². The van der Waals surface area contributed by atoms with E-state index in [0.29, 0.717) is 15.9 Å². The van der Waals surface area contributed by atoms with Crippen LogP contribution in [0.15, 0.2) is 24.3 Å². The maximum absolute atomic E-state index is 12.8. The summed E-state index contributed by atoms with van der Waals surface area (Å²) in [5.74, 6) is -0.292. The molecule has 1 aromatic carbocycles. The summed E-state index contributed by atoms with van der Waals surface area (Å²) in [5, 5.41) is 5.75. The Balaban J connectivity index is 1.67. The molecule has 6 nitrogen and oxygen atoms in total. The Kier molecular flexibility index (Phi) is 6.25. The van der Waals surface area contributed by atoms with E-state index >= 15 is 0 Å². The summed E-state index contributed by atoms with van der Waals surface area (Å²) in [6.07, 6.45) is 0. The second-order valence-corrected chi connectivity index (χ2v) is 5.76. The lowest BCUT2D eigenvalue weighted by atomic mass is 10.3. The zero-order valence-electron chi connectivity index (χ0n) is 12.2. The van der Waals surface area contributed by atoms with Gasteiger partial charge in [0.05, 0.1) is 0 Å². The van der Waals surface area contributed by atoms with Crippen LogP contribution in [-0.2, 0) is 0 Å². The number of hydrazine groups is 2. The first-order chi connectivity index (χ1) is 10.5. The van der Waals surface area contributed by atoms with E-state index in [1.807, 2.05) is 5.01 Å². The van der Waals surface area contributed by atoms with Crippen LogP contribution in [0.25, 0.3) is 0 Å². The molecule has 4 N–H and O–H groups in total. The first-order valence-electron chi connectivity index (χ1n) is 6.85. The number of nitrogens with zero attached hydrogens (tertiary/aromatic N) is 2. The lowest BCUT2D eigenvalue weighted by Crippen LogP contribution is -2.57. The quantitative estimate of drug-likeness (QED) is 0.462. The molecule has 1 heterocycles. The van der Waals surface area contributed by atoms with Crippen LogP contribution >= 0.6 is 24.4 Å². The van der Waals surface area contributed by atoms with Gasteiger partial charge in [-0.2, -0.15) is 0 Å². The highest BCUT2D eigenvalue weighted by atomic mass is 32.1. The molecule has 0 amide bonds. The van der Waals surface area contributed by atoms with Crippen LogP contribution in [0.5, 0.6) is 0 Å². The molecule has 0 bridgehead atoms. The van der Waals surface area contributed by atoms with Crippen molar-refractivity contribution in [2.45, 2.75) is 0 Å². The molecule has 0 unspecified atom stereocenters. The van der Waals surface area contributed by atoms with Crippen LogP contribution in [0.2, 0.25) is 0 Å². The van der Waals surface area contributed by atoms with Crippen molar-refractivity contribution < 1.29 is 4.39 Å². The van der Waals surface area contributed by atoms with Gasteiger partial charge < -0.3 is 10.2 Å². The summed E-state index contributed by atoms with van der Waals surface area (Å²) in [4.78, 5) is 2.26. The minimum absolute atomic E-state index is 0.292. The van der Waals surface area contributed by atoms with Gasteiger partial charge >= 0.3 is 0 Å². The lowest BCUT2D eigenvalue weighted by molar-refractivity contribution is 0.130. The fourth-order valence-electron chi connectivity index (χ4n) is 1.90. The van der Waals surface area contributed by atoms with Gasteiger partial charge in [0, 0.05) is 31.9 Å². The molecule has 9 heteroatoms. The highest BCUT2D eigenvalue weighted by Crippen LogP contribution is 2.07. The second kappa shape index (κ2) is 8.18. The molecular formula is C13H19FN6S2. The molecule has 1 aliphatic rings. The Bertz CT molecular complexity index is 516. The first kappa shape index (κ1) is 16.8. The van der Waals surface area contributed by atoms with Crippen molar-refractivity contribution in [1.82, 2.24) is 26.2 Å². The molecule has 0 radical (unpaired) electrons. The summed E-state index contributed by atoms with van der Waals surface area (Å²) < 4.78 is 12.8. The molecule has 22 heavy (non-hydrogen) atoms. The van der Waals surface area contributed by atoms with E-state index in [1.54, 1.807) is 12.1 Å². The van der Waals surface area contributed by atoms with Gasteiger partial charge in [-0.05, 0) is 55.7 Å². The van der Waals surface area contributed by atoms with Crippen LogP contribution < -0.4 is 21.6 Å². The number of benzene rings is 1.